The van der Waals surface area contributed by atoms with Crippen molar-refractivity contribution in [2.24, 2.45) is 0 Å². The molecule has 0 saturated heterocycles. The fourth-order valence-electron chi connectivity index (χ4n) is 5.64. The summed E-state index contributed by atoms with van der Waals surface area (Å²) in [6.45, 7) is 27.3. The van der Waals surface area contributed by atoms with E-state index in [2.05, 4.69) is 157 Å². The van der Waals surface area contributed by atoms with Crippen molar-refractivity contribution in [1.29, 1.82) is 0 Å². The van der Waals surface area contributed by atoms with Crippen molar-refractivity contribution in [2.45, 2.75) is 97.3 Å². The van der Waals surface area contributed by atoms with Crippen LogP contribution in [0.5, 0.6) is 0 Å². The third-order valence-electron chi connectivity index (χ3n) is 7.71. The van der Waals surface area contributed by atoms with Gasteiger partial charge in [-0.25, -0.2) is 0 Å². The van der Waals surface area contributed by atoms with Crippen LogP contribution in [0.4, 0.5) is 0 Å². The molecule has 0 aromatic heterocycles. The third kappa shape index (κ3) is 9.46. The number of aliphatic hydroxyl groups is 1. The maximum Gasteiger partial charge on any atom is 0.261 e. The van der Waals surface area contributed by atoms with Crippen molar-refractivity contribution in [3.05, 3.63) is 88.4 Å². The molecule has 0 saturated carbocycles. The first-order chi connectivity index (χ1) is 20.7. The van der Waals surface area contributed by atoms with Crippen LogP contribution in [0.2, 0.25) is 69.0 Å². The van der Waals surface area contributed by atoms with Gasteiger partial charge in [0.25, 0.3) is 8.32 Å². The zero-order valence-electron chi connectivity index (χ0n) is 29.6. The van der Waals surface area contributed by atoms with Gasteiger partial charge in [-0.1, -0.05) is 169 Å². The van der Waals surface area contributed by atoms with E-state index in [9.17, 15) is 5.11 Å². The van der Waals surface area contributed by atoms with Crippen molar-refractivity contribution >= 4 is 59.7 Å². The van der Waals surface area contributed by atoms with Crippen molar-refractivity contribution in [3.63, 3.8) is 0 Å². The second-order valence-corrected chi connectivity index (χ2v) is 35.4. The zero-order valence-corrected chi connectivity index (χ0v) is 34.3. The van der Waals surface area contributed by atoms with Crippen LogP contribution in [0.1, 0.15) is 43.6 Å². The normalized spacial score (nSPS) is 13.4. The van der Waals surface area contributed by atoms with E-state index in [4.69, 9.17) is 16.0 Å². The van der Waals surface area contributed by atoms with E-state index in [1.54, 1.807) is 0 Å². The molecule has 0 unspecified atom stereocenters. The topological polar surface area (TPSA) is 29.5 Å². The molecule has 45 heavy (non-hydrogen) atoms. The molecule has 1 atom stereocenters. The minimum absolute atomic E-state index is 0.139. The summed E-state index contributed by atoms with van der Waals surface area (Å²) in [5.74, 6) is 6.95. The Bertz CT molecular complexity index is 1550. The largest absolute Gasteiger partial charge is 0.404 e. The number of halogens is 1. The summed E-state index contributed by atoms with van der Waals surface area (Å²) in [6.07, 6.45) is -0.304. The van der Waals surface area contributed by atoms with Crippen LogP contribution in [0.25, 0.3) is 0 Å². The molecule has 0 spiro atoms. The fraction of sp³-hybridized carbons (Fsp3) is 0.421. The van der Waals surface area contributed by atoms with Gasteiger partial charge in [-0.05, 0) is 21.0 Å². The molecule has 1 N–H and O–H groups in total. The van der Waals surface area contributed by atoms with Gasteiger partial charge < -0.3 is 9.53 Å². The van der Waals surface area contributed by atoms with Gasteiger partial charge in [0, 0.05) is 17.5 Å². The van der Waals surface area contributed by atoms with Crippen molar-refractivity contribution in [1.82, 2.24) is 0 Å². The first-order valence-electron chi connectivity index (χ1n) is 16.0. The molecule has 0 heterocycles. The van der Waals surface area contributed by atoms with Crippen LogP contribution in [0.3, 0.4) is 0 Å². The Morgan fingerprint density at radius 3 is 1.69 bits per heavy atom. The van der Waals surface area contributed by atoms with E-state index in [1.165, 1.54) is 10.4 Å². The Labute approximate surface area is 283 Å². The quantitative estimate of drug-likeness (QED) is 0.191. The summed E-state index contributed by atoms with van der Waals surface area (Å²) in [6, 6.07) is 23.4. The average Bonchev–Trinajstić information content (AvgIpc) is 2.91. The van der Waals surface area contributed by atoms with Crippen LogP contribution in [0, 0.1) is 22.9 Å². The molecular formula is C38H53ClO2Si4. The van der Waals surface area contributed by atoms with Gasteiger partial charge in [0.05, 0.1) is 19.7 Å². The second-order valence-electron chi connectivity index (χ2n) is 16.2. The first-order valence-corrected chi connectivity index (χ1v) is 28.8. The van der Waals surface area contributed by atoms with Gasteiger partial charge in [-0.2, -0.15) is 0 Å². The number of hydrogen-bond donors (Lipinski definition) is 1. The Kier molecular flexibility index (Phi) is 11.9. The number of aliphatic hydroxyl groups excluding tert-OH is 1. The van der Waals surface area contributed by atoms with Gasteiger partial charge in [0.1, 0.15) is 22.3 Å². The van der Waals surface area contributed by atoms with Crippen LogP contribution in [-0.2, 0) is 10.8 Å². The zero-order chi connectivity index (χ0) is 33.8. The standard InChI is InChI=1S/C38H53ClO2Si4/c1-38(2,3)45(31-21-15-13-16-22-31,32-23-17-14-18-24-32)41-29-34(40)36-35(44(10,11)12)28-30(20-19-26-42(4,5)6)33(37(36)39)25-27-43(7,8)9/h13-18,21-24,28,34,40H,20,29H2,1-12H3/t34-/m0/s1. The predicted octanol–water partition coefficient (Wildman–Crippen LogP) is 8.15. The molecule has 2 nitrogen and oxygen atoms in total. The Balaban J connectivity index is 2.24. The van der Waals surface area contributed by atoms with Crippen LogP contribution in [-0.4, -0.2) is 44.3 Å². The highest BCUT2D eigenvalue weighted by atomic mass is 35.5. The molecular weight excluding hydrogens is 636 g/mol. The number of rotatable bonds is 8. The molecule has 0 aliphatic carbocycles. The Hall–Kier alpha value is -2.14. The van der Waals surface area contributed by atoms with Crippen LogP contribution in [0.15, 0.2) is 66.7 Å². The molecule has 7 heteroatoms. The number of benzene rings is 3. The fourth-order valence-corrected chi connectivity index (χ4v) is 13.5. The molecule has 3 aromatic carbocycles. The summed E-state index contributed by atoms with van der Waals surface area (Å²) in [4.78, 5) is 0. The highest BCUT2D eigenvalue weighted by Gasteiger charge is 2.50. The lowest BCUT2D eigenvalue weighted by atomic mass is 9.99. The van der Waals surface area contributed by atoms with Crippen molar-refractivity contribution in [3.8, 4) is 22.9 Å². The molecule has 0 amide bonds. The molecule has 0 radical (unpaired) electrons. The van der Waals surface area contributed by atoms with Crippen molar-refractivity contribution < 1.29 is 9.53 Å². The summed E-state index contributed by atoms with van der Waals surface area (Å²) < 4.78 is 7.19. The van der Waals surface area contributed by atoms with Crippen LogP contribution < -0.4 is 15.6 Å². The molecule has 0 aliphatic rings. The van der Waals surface area contributed by atoms with Gasteiger partial charge >= 0.3 is 0 Å². The van der Waals surface area contributed by atoms with E-state index in [0.29, 0.717) is 11.4 Å². The lowest BCUT2D eigenvalue weighted by Crippen LogP contribution is -2.66. The van der Waals surface area contributed by atoms with Crippen molar-refractivity contribution in [2.75, 3.05) is 6.61 Å². The van der Waals surface area contributed by atoms with Gasteiger partial charge in [0.2, 0.25) is 0 Å². The van der Waals surface area contributed by atoms with E-state index in [1.807, 2.05) is 12.1 Å². The monoisotopic (exact) mass is 688 g/mol. The predicted molar refractivity (Wildman–Crippen MR) is 208 cm³/mol. The molecule has 3 aromatic rings. The van der Waals surface area contributed by atoms with Crippen LogP contribution >= 0.6 is 11.6 Å². The molecule has 0 aliphatic heterocycles. The summed E-state index contributed by atoms with van der Waals surface area (Å²) >= 11 is 7.38. The third-order valence-corrected chi connectivity index (χ3v) is 16.9. The Morgan fingerprint density at radius 1 is 0.778 bits per heavy atom. The molecule has 0 fully saturated rings. The van der Waals surface area contributed by atoms with Gasteiger partial charge in [-0.3, -0.25) is 0 Å². The maximum absolute atomic E-state index is 12.2. The minimum atomic E-state index is -2.85. The molecule has 0 bridgehead atoms. The maximum atomic E-state index is 12.2. The Morgan fingerprint density at radius 2 is 1.27 bits per heavy atom. The second kappa shape index (κ2) is 14.3. The van der Waals surface area contributed by atoms with Gasteiger partial charge in [-0.15, -0.1) is 17.0 Å². The molecule has 3 rings (SSSR count). The SMILES string of the molecule is CC(C)(C)[Si](OC[C@H](O)c1c([Si](C)(C)C)cc(CC#C[Si](C)(C)C)c(C#C[Si](C)(C)C)c1Cl)(c1ccccc1)c1ccccc1. The average molecular weight is 690 g/mol. The summed E-state index contributed by atoms with van der Waals surface area (Å²) in [5, 5.41) is 16.0. The first kappa shape index (κ1) is 37.3. The smallest absolute Gasteiger partial charge is 0.261 e. The summed E-state index contributed by atoms with van der Waals surface area (Å²) in [7, 11) is -8.06. The lowest BCUT2D eigenvalue weighted by Gasteiger charge is -2.43. The highest BCUT2D eigenvalue weighted by Crippen LogP contribution is 2.38. The minimum Gasteiger partial charge on any atom is -0.404 e. The van der Waals surface area contributed by atoms with E-state index in [0.717, 1.165) is 21.9 Å². The van der Waals surface area contributed by atoms with Gasteiger partial charge in [0.15, 0.2) is 0 Å². The van der Waals surface area contributed by atoms with E-state index in [-0.39, 0.29) is 11.6 Å². The highest BCUT2D eigenvalue weighted by molar-refractivity contribution is 6.99. The molecule has 240 valence electrons. The lowest BCUT2D eigenvalue weighted by molar-refractivity contribution is 0.103. The van der Waals surface area contributed by atoms with E-state index >= 15 is 0 Å². The number of hydrogen-bond acceptors (Lipinski definition) is 2. The van der Waals surface area contributed by atoms with E-state index < -0.39 is 38.6 Å². The summed E-state index contributed by atoms with van der Waals surface area (Å²) in [5.41, 5.74) is 9.71.